The fraction of sp³-hybridized carbons (Fsp3) is 0.500. The van der Waals surface area contributed by atoms with Gasteiger partial charge in [0.2, 0.25) is 0 Å². The molecule has 0 unspecified atom stereocenters. The molecule has 0 aliphatic heterocycles. The highest BCUT2D eigenvalue weighted by Crippen LogP contribution is 2.45. The molecule has 1 aliphatic carbocycles. The van der Waals surface area contributed by atoms with Crippen LogP contribution in [0, 0.1) is 6.92 Å². The van der Waals surface area contributed by atoms with Crippen molar-refractivity contribution in [2.24, 2.45) is 0 Å². The molecular formula is C16H22O. The first-order valence-corrected chi connectivity index (χ1v) is 6.40. The Balaban J connectivity index is 1.98. The van der Waals surface area contributed by atoms with Crippen LogP contribution in [0.25, 0.3) is 0 Å². The number of benzene rings is 1. The van der Waals surface area contributed by atoms with Gasteiger partial charge in [-0.1, -0.05) is 36.8 Å². The smallest absolute Gasteiger partial charge is 0.0999 e. The molecule has 0 spiro atoms. The number of ether oxygens (including phenoxy) is 1. The molecule has 0 amide bonds. The summed E-state index contributed by atoms with van der Waals surface area (Å²) >= 11 is 0. The fourth-order valence-electron chi connectivity index (χ4n) is 2.55. The fourth-order valence-corrected chi connectivity index (χ4v) is 2.55. The van der Waals surface area contributed by atoms with Crippen molar-refractivity contribution in [1.29, 1.82) is 0 Å². The molecule has 1 nitrogen and oxygen atoms in total. The van der Waals surface area contributed by atoms with Crippen LogP contribution in [0.4, 0.5) is 0 Å². The van der Waals surface area contributed by atoms with Crippen LogP contribution in [0.5, 0.6) is 0 Å². The van der Waals surface area contributed by atoms with Gasteiger partial charge < -0.3 is 4.74 Å². The number of allylic oxidation sites excluding steroid dienone is 2. The second-order valence-electron chi connectivity index (χ2n) is 5.47. The minimum Gasteiger partial charge on any atom is -0.495 e. The third-order valence-electron chi connectivity index (χ3n) is 3.86. The van der Waals surface area contributed by atoms with E-state index in [9.17, 15) is 0 Å². The van der Waals surface area contributed by atoms with Crippen LogP contribution in [0.15, 0.2) is 36.1 Å². The Morgan fingerprint density at radius 3 is 2.41 bits per heavy atom. The van der Waals surface area contributed by atoms with E-state index in [2.05, 4.69) is 38.1 Å². The monoisotopic (exact) mass is 230 g/mol. The van der Waals surface area contributed by atoms with Crippen LogP contribution in [0.1, 0.15) is 44.7 Å². The maximum atomic E-state index is 5.84. The van der Waals surface area contributed by atoms with Crippen molar-refractivity contribution in [3.8, 4) is 0 Å². The maximum Gasteiger partial charge on any atom is 0.0999 e. The van der Waals surface area contributed by atoms with Gasteiger partial charge in [-0.25, -0.2) is 0 Å². The van der Waals surface area contributed by atoms with Crippen LogP contribution in [0.2, 0.25) is 0 Å². The Kier molecular flexibility index (Phi) is 3.28. The van der Waals surface area contributed by atoms with Crippen molar-refractivity contribution < 1.29 is 4.74 Å². The van der Waals surface area contributed by atoms with E-state index >= 15 is 0 Å². The molecule has 2 rings (SSSR count). The highest BCUT2D eigenvalue weighted by atomic mass is 16.5. The van der Waals surface area contributed by atoms with Crippen molar-refractivity contribution >= 4 is 0 Å². The molecule has 0 saturated heterocycles. The van der Waals surface area contributed by atoms with Gasteiger partial charge in [0.05, 0.1) is 11.9 Å². The number of hydrogen-bond acceptors (Lipinski definition) is 1. The first kappa shape index (κ1) is 12.2. The molecule has 1 aromatic rings. The van der Waals surface area contributed by atoms with Gasteiger partial charge in [-0.3, -0.25) is 0 Å². The zero-order valence-electron chi connectivity index (χ0n) is 11.3. The SMILES string of the molecule is C/C=C(\C)OC1CC(C)(c2ccc(C)cc2)C1. The number of hydrogen-bond donors (Lipinski definition) is 0. The molecule has 0 radical (unpaired) electrons. The second kappa shape index (κ2) is 4.56. The van der Waals surface area contributed by atoms with E-state index < -0.39 is 0 Å². The van der Waals surface area contributed by atoms with Gasteiger partial charge in [-0.05, 0) is 50.7 Å². The quantitative estimate of drug-likeness (QED) is 0.701. The largest absolute Gasteiger partial charge is 0.495 e. The van der Waals surface area contributed by atoms with E-state index in [4.69, 9.17) is 4.74 Å². The second-order valence-corrected chi connectivity index (χ2v) is 5.47. The van der Waals surface area contributed by atoms with Gasteiger partial charge in [-0.15, -0.1) is 0 Å². The van der Waals surface area contributed by atoms with E-state index in [1.165, 1.54) is 11.1 Å². The van der Waals surface area contributed by atoms with Crippen molar-refractivity contribution in [3.63, 3.8) is 0 Å². The van der Waals surface area contributed by atoms with Gasteiger partial charge in [0.15, 0.2) is 0 Å². The van der Waals surface area contributed by atoms with Crippen LogP contribution < -0.4 is 0 Å². The first-order valence-electron chi connectivity index (χ1n) is 6.40. The summed E-state index contributed by atoms with van der Waals surface area (Å²) in [6.07, 6.45) is 4.68. The summed E-state index contributed by atoms with van der Waals surface area (Å²) in [6.45, 7) is 8.52. The van der Waals surface area contributed by atoms with E-state index in [0.717, 1.165) is 18.6 Å². The molecule has 92 valence electrons. The van der Waals surface area contributed by atoms with Crippen LogP contribution in [-0.2, 0) is 10.2 Å². The zero-order chi connectivity index (χ0) is 12.5. The molecule has 0 atom stereocenters. The van der Waals surface area contributed by atoms with Crippen molar-refractivity contribution in [1.82, 2.24) is 0 Å². The van der Waals surface area contributed by atoms with Crippen LogP contribution in [-0.4, -0.2) is 6.10 Å². The maximum absolute atomic E-state index is 5.84. The predicted octanol–water partition coefficient (Wildman–Crippen LogP) is 4.36. The summed E-state index contributed by atoms with van der Waals surface area (Å²) in [5, 5.41) is 0. The molecule has 1 fully saturated rings. The van der Waals surface area contributed by atoms with E-state index in [0.29, 0.717) is 11.5 Å². The molecule has 1 aromatic carbocycles. The van der Waals surface area contributed by atoms with Crippen LogP contribution in [0.3, 0.4) is 0 Å². The third-order valence-corrected chi connectivity index (χ3v) is 3.86. The Morgan fingerprint density at radius 2 is 1.88 bits per heavy atom. The summed E-state index contributed by atoms with van der Waals surface area (Å²) in [4.78, 5) is 0. The number of aryl methyl sites for hydroxylation is 1. The highest BCUT2D eigenvalue weighted by Gasteiger charge is 2.42. The molecule has 1 saturated carbocycles. The standard InChI is InChI=1S/C16H22O/c1-5-13(3)17-15-10-16(4,11-15)14-8-6-12(2)7-9-14/h5-9,15H,10-11H2,1-4H3/b13-5+. The summed E-state index contributed by atoms with van der Waals surface area (Å²) in [6, 6.07) is 8.92. The molecule has 0 N–H and O–H groups in total. The third kappa shape index (κ3) is 2.54. The van der Waals surface area contributed by atoms with Gasteiger partial charge in [0, 0.05) is 0 Å². The average molecular weight is 230 g/mol. The van der Waals surface area contributed by atoms with Crippen molar-refractivity contribution in [2.45, 2.75) is 52.1 Å². The molecule has 0 aromatic heterocycles. The lowest BCUT2D eigenvalue weighted by molar-refractivity contribution is -0.00159. The Bertz CT molecular complexity index is 408. The van der Waals surface area contributed by atoms with Crippen molar-refractivity contribution in [2.75, 3.05) is 0 Å². The average Bonchev–Trinajstić information content (AvgIpc) is 2.27. The minimum atomic E-state index is 0.312. The Morgan fingerprint density at radius 1 is 1.29 bits per heavy atom. The van der Waals surface area contributed by atoms with Gasteiger partial charge in [-0.2, -0.15) is 0 Å². The van der Waals surface area contributed by atoms with E-state index in [1.807, 2.05) is 19.9 Å². The summed E-state index contributed by atoms with van der Waals surface area (Å²) in [5.41, 5.74) is 3.09. The summed E-state index contributed by atoms with van der Waals surface area (Å²) in [7, 11) is 0. The highest BCUT2D eigenvalue weighted by molar-refractivity contribution is 5.31. The normalized spacial score (nSPS) is 28.7. The zero-order valence-corrected chi connectivity index (χ0v) is 11.3. The van der Waals surface area contributed by atoms with E-state index in [1.54, 1.807) is 0 Å². The van der Waals surface area contributed by atoms with Gasteiger partial charge in [0.1, 0.15) is 0 Å². The lowest BCUT2D eigenvalue weighted by atomic mass is 9.64. The lowest BCUT2D eigenvalue weighted by Crippen LogP contribution is -2.43. The summed E-state index contributed by atoms with van der Waals surface area (Å²) in [5.74, 6) is 1.04. The summed E-state index contributed by atoms with van der Waals surface area (Å²) < 4.78 is 5.84. The molecular weight excluding hydrogens is 208 g/mol. The Hall–Kier alpha value is -1.24. The van der Waals surface area contributed by atoms with Crippen LogP contribution >= 0.6 is 0 Å². The Labute approximate surface area is 104 Å². The minimum absolute atomic E-state index is 0.312. The lowest BCUT2D eigenvalue weighted by Gasteiger charge is -2.45. The van der Waals surface area contributed by atoms with Gasteiger partial charge in [0.25, 0.3) is 0 Å². The van der Waals surface area contributed by atoms with Gasteiger partial charge >= 0.3 is 0 Å². The van der Waals surface area contributed by atoms with E-state index in [-0.39, 0.29) is 0 Å². The van der Waals surface area contributed by atoms with Crippen molar-refractivity contribution in [3.05, 3.63) is 47.2 Å². The molecule has 0 bridgehead atoms. The molecule has 0 heterocycles. The molecule has 17 heavy (non-hydrogen) atoms. The number of rotatable bonds is 3. The molecule has 1 aliphatic rings. The first-order chi connectivity index (χ1) is 8.03. The predicted molar refractivity (Wildman–Crippen MR) is 72.1 cm³/mol. The molecule has 1 heteroatoms. The topological polar surface area (TPSA) is 9.23 Å².